The Balaban J connectivity index is 1.74. The molecule has 0 aliphatic carbocycles. The second kappa shape index (κ2) is 8.26. The number of nitrogens with one attached hydrogen (secondary N) is 1. The SMILES string of the molecule is COc1cc(C=NNc2nc(-c3ccc(Cl)cc3Cl)cs2)cc(Br)c1O. The molecule has 2 aromatic carbocycles. The van der Waals surface area contributed by atoms with Crippen molar-refractivity contribution < 1.29 is 9.84 Å². The molecule has 0 atom stereocenters. The van der Waals surface area contributed by atoms with Gasteiger partial charge in [-0.1, -0.05) is 23.2 Å². The highest BCUT2D eigenvalue weighted by atomic mass is 79.9. The third-order valence-corrected chi connectivity index (χ3v) is 5.26. The molecule has 26 heavy (non-hydrogen) atoms. The van der Waals surface area contributed by atoms with E-state index in [2.05, 4.69) is 31.4 Å². The number of thiazole rings is 1. The number of hydrogen-bond donors (Lipinski definition) is 2. The maximum Gasteiger partial charge on any atom is 0.203 e. The summed E-state index contributed by atoms with van der Waals surface area (Å²) in [6.45, 7) is 0. The zero-order valence-electron chi connectivity index (χ0n) is 13.3. The van der Waals surface area contributed by atoms with Gasteiger partial charge >= 0.3 is 0 Å². The van der Waals surface area contributed by atoms with Crippen LogP contribution in [0.25, 0.3) is 11.3 Å². The molecule has 0 bridgehead atoms. The quantitative estimate of drug-likeness (QED) is 0.351. The minimum atomic E-state index is 0.0435. The second-order valence-electron chi connectivity index (χ2n) is 5.09. The molecular formula is C17H12BrCl2N3O2S. The molecule has 3 rings (SSSR count). The van der Waals surface area contributed by atoms with Crippen molar-refractivity contribution in [2.24, 2.45) is 5.10 Å². The van der Waals surface area contributed by atoms with Crippen LogP contribution >= 0.6 is 50.5 Å². The van der Waals surface area contributed by atoms with Crippen molar-refractivity contribution in [2.45, 2.75) is 0 Å². The first-order valence-electron chi connectivity index (χ1n) is 7.24. The van der Waals surface area contributed by atoms with E-state index in [1.165, 1.54) is 18.4 Å². The van der Waals surface area contributed by atoms with Gasteiger partial charge in [0.25, 0.3) is 0 Å². The highest BCUT2D eigenvalue weighted by Crippen LogP contribution is 2.35. The summed E-state index contributed by atoms with van der Waals surface area (Å²) in [4.78, 5) is 4.46. The molecule has 0 aliphatic heterocycles. The van der Waals surface area contributed by atoms with Crippen molar-refractivity contribution >= 4 is 61.8 Å². The molecule has 0 amide bonds. The predicted molar refractivity (Wildman–Crippen MR) is 111 cm³/mol. The number of aromatic hydroxyl groups is 1. The van der Waals surface area contributed by atoms with Crippen LogP contribution < -0.4 is 10.2 Å². The topological polar surface area (TPSA) is 66.7 Å². The highest BCUT2D eigenvalue weighted by molar-refractivity contribution is 9.10. The van der Waals surface area contributed by atoms with E-state index in [0.29, 0.717) is 25.4 Å². The number of halogens is 3. The van der Waals surface area contributed by atoms with Gasteiger partial charge in [-0.25, -0.2) is 4.98 Å². The molecule has 1 aromatic heterocycles. The predicted octanol–water partition coefficient (Wildman–Crippen LogP) is 6.04. The maximum absolute atomic E-state index is 9.82. The molecule has 5 nitrogen and oxygen atoms in total. The molecule has 0 aliphatic rings. The normalized spacial score (nSPS) is 11.1. The van der Waals surface area contributed by atoms with Crippen LogP contribution in [0.2, 0.25) is 10.0 Å². The van der Waals surface area contributed by atoms with Gasteiger partial charge < -0.3 is 9.84 Å². The summed E-state index contributed by atoms with van der Waals surface area (Å²) in [7, 11) is 1.49. The molecule has 0 spiro atoms. The van der Waals surface area contributed by atoms with Gasteiger partial charge in [0.1, 0.15) is 0 Å². The Kier molecular flexibility index (Phi) is 6.03. The first kappa shape index (κ1) is 19.0. The van der Waals surface area contributed by atoms with E-state index in [0.717, 1.165) is 16.8 Å². The van der Waals surface area contributed by atoms with E-state index in [1.54, 1.807) is 30.5 Å². The van der Waals surface area contributed by atoms with Crippen molar-refractivity contribution in [3.8, 4) is 22.8 Å². The number of methoxy groups -OCH3 is 1. The third-order valence-electron chi connectivity index (χ3n) is 3.36. The number of phenolic OH excluding ortho intramolecular Hbond substituents is 1. The van der Waals surface area contributed by atoms with Gasteiger partial charge in [-0.15, -0.1) is 11.3 Å². The number of nitrogens with zero attached hydrogens (tertiary/aromatic N) is 2. The summed E-state index contributed by atoms with van der Waals surface area (Å²) < 4.78 is 5.63. The van der Waals surface area contributed by atoms with Crippen molar-refractivity contribution in [3.63, 3.8) is 0 Å². The summed E-state index contributed by atoms with van der Waals surface area (Å²) in [5.41, 5.74) is 5.16. The number of phenols is 1. The van der Waals surface area contributed by atoms with Crippen molar-refractivity contribution in [2.75, 3.05) is 12.5 Å². The van der Waals surface area contributed by atoms with Gasteiger partial charge in [0.2, 0.25) is 5.13 Å². The van der Waals surface area contributed by atoms with Crippen LogP contribution in [0.5, 0.6) is 11.5 Å². The van der Waals surface area contributed by atoms with Gasteiger partial charge in [-0.05, 0) is 51.8 Å². The third kappa shape index (κ3) is 4.29. The highest BCUT2D eigenvalue weighted by Gasteiger charge is 2.09. The molecule has 0 saturated heterocycles. The summed E-state index contributed by atoms with van der Waals surface area (Å²) in [5, 5.41) is 17.6. The molecule has 3 aromatic rings. The Morgan fingerprint density at radius 2 is 2.12 bits per heavy atom. The van der Waals surface area contributed by atoms with Crippen LogP contribution in [0, 0.1) is 0 Å². The lowest BCUT2D eigenvalue weighted by Gasteiger charge is -2.06. The smallest absolute Gasteiger partial charge is 0.203 e. The summed E-state index contributed by atoms with van der Waals surface area (Å²) >= 11 is 16.8. The van der Waals surface area contributed by atoms with Gasteiger partial charge in [-0.3, -0.25) is 5.43 Å². The van der Waals surface area contributed by atoms with E-state index < -0.39 is 0 Å². The largest absolute Gasteiger partial charge is 0.503 e. The molecule has 0 radical (unpaired) electrons. The van der Waals surface area contributed by atoms with E-state index in [9.17, 15) is 5.11 Å². The van der Waals surface area contributed by atoms with E-state index in [4.69, 9.17) is 27.9 Å². The number of ether oxygens (including phenoxy) is 1. The fourth-order valence-electron chi connectivity index (χ4n) is 2.13. The fourth-order valence-corrected chi connectivity index (χ4v) is 3.76. The molecule has 1 heterocycles. The lowest BCUT2D eigenvalue weighted by atomic mass is 10.2. The van der Waals surface area contributed by atoms with Crippen LogP contribution in [-0.2, 0) is 0 Å². The first-order valence-corrected chi connectivity index (χ1v) is 9.67. The Morgan fingerprint density at radius 3 is 2.85 bits per heavy atom. The zero-order valence-corrected chi connectivity index (χ0v) is 17.2. The average molecular weight is 473 g/mol. The number of anilines is 1. The van der Waals surface area contributed by atoms with Gasteiger partial charge in [0, 0.05) is 16.0 Å². The number of rotatable bonds is 5. The van der Waals surface area contributed by atoms with Gasteiger partial charge in [0.05, 0.1) is 28.5 Å². The zero-order chi connectivity index (χ0) is 18.7. The van der Waals surface area contributed by atoms with Crippen LogP contribution in [0.1, 0.15) is 5.56 Å². The molecule has 9 heteroatoms. The minimum absolute atomic E-state index is 0.0435. The van der Waals surface area contributed by atoms with Crippen LogP contribution in [0.4, 0.5) is 5.13 Å². The lowest BCUT2D eigenvalue weighted by Crippen LogP contribution is -1.92. The fraction of sp³-hybridized carbons (Fsp3) is 0.0588. The number of benzene rings is 2. The molecule has 0 saturated carbocycles. The van der Waals surface area contributed by atoms with Crippen LogP contribution in [0.3, 0.4) is 0 Å². The molecule has 2 N–H and O–H groups in total. The summed E-state index contributed by atoms with van der Waals surface area (Å²) in [6, 6.07) is 8.67. The Labute approximate surface area is 172 Å². The molecule has 0 fully saturated rings. The van der Waals surface area contributed by atoms with Gasteiger partial charge in [-0.2, -0.15) is 5.10 Å². The Hall–Kier alpha value is -1.80. The number of hydrogen-bond acceptors (Lipinski definition) is 6. The molecular weight excluding hydrogens is 461 g/mol. The van der Waals surface area contributed by atoms with Crippen LogP contribution in [-0.4, -0.2) is 23.4 Å². The maximum atomic E-state index is 9.82. The van der Waals surface area contributed by atoms with Crippen molar-refractivity contribution in [1.82, 2.24) is 4.98 Å². The Bertz CT molecular complexity index is 979. The standard InChI is InChI=1S/C17H12BrCl2N3O2S/c1-25-15-5-9(4-12(18)16(15)24)7-21-23-17-22-14(8-26-17)11-3-2-10(19)6-13(11)20/h2-8,24H,1H3,(H,22,23). The van der Waals surface area contributed by atoms with Crippen LogP contribution in [0.15, 0.2) is 45.3 Å². The minimum Gasteiger partial charge on any atom is -0.503 e. The molecule has 134 valence electrons. The summed E-state index contributed by atoms with van der Waals surface area (Å²) in [5.74, 6) is 0.400. The van der Waals surface area contributed by atoms with Gasteiger partial charge in [0.15, 0.2) is 11.5 Å². The van der Waals surface area contributed by atoms with E-state index in [-0.39, 0.29) is 5.75 Å². The second-order valence-corrected chi connectivity index (χ2v) is 7.64. The number of aromatic nitrogens is 1. The monoisotopic (exact) mass is 471 g/mol. The first-order chi connectivity index (χ1) is 12.5. The number of hydrazone groups is 1. The Morgan fingerprint density at radius 1 is 1.31 bits per heavy atom. The van der Waals surface area contributed by atoms with E-state index in [1.807, 2.05) is 11.4 Å². The lowest BCUT2D eigenvalue weighted by molar-refractivity contribution is 0.372. The molecule has 0 unspecified atom stereocenters. The van der Waals surface area contributed by atoms with E-state index >= 15 is 0 Å². The van der Waals surface area contributed by atoms with Crippen molar-refractivity contribution in [1.29, 1.82) is 0 Å². The summed E-state index contributed by atoms with van der Waals surface area (Å²) in [6.07, 6.45) is 1.60. The average Bonchev–Trinajstić information content (AvgIpc) is 3.06. The van der Waals surface area contributed by atoms with Crippen molar-refractivity contribution in [3.05, 3.63) is 55.8 Å².